The smallest absolute Gasteiger partial charge is 0.225 e. The van der Waals surface area contributed by atoms with Gasteiger partial charge in [-0.25, -0.2) is 23.2 Å². The van der Waals surface area contributed by atoms with Crippen molar-refractivity contribution < 1.29 is 8.42 Å². The van der Waals surface area contributed by atoms with Crippen LogP contribution in [0.25, 0.3) is 15.3 Å². The first kappa shape index (κ1) is 12.3. The average Bonchev–Trinajstić information content (AvgIpc) is 2.90. The van der Waals surface area contributed by atoms with Crippen LogP contribution in [0.3, 0.4) is 0 Å². The Morgan fingerprint density at radius 1 is 1.32 bits per heavy atom. The third kappa shape index (κ3) is 2.03. The lowest BCUT2D eigenvalue weighted by Gasteiger charge is -1.99. The van der Waals surface area contributed by atoms with Gasteiger partial charge in [0.05, 0.1) is 22.1 Å². The number of benzene rings is 1. The highest BCUT2D eigenvalue weighted by atomic mass is 32.2. The summed E-state index contributed by atoms with van der Waals surface area (Å²) < 4.78 is 25.3. The number of aromatic nitrogens is 3. The number of nitrogens with zero attached hydrogens (tertiary/aromatic N) is 3. The molecule has 3 rings (SSSR count). The number of sulfonamides is 1. The van der Waals surface area contributed by atoms with Gasteiger partial charge in [-0.05, 0) is 19.1 Å². The van der Waals surface area contributed by atoms with Crippen LogP contribution < -0.4 is 5.14 Å². The minimum absolute atomic E-state index is 0.0201. The SMILES string of the molecule is Cc1c(S(N)(=O)=O)cnn1-c1nc2ccccc2s1. The summed E-state index contributed by atoms with van der Waals surface area (Å²) in [6, 6.07) is 7.68. The molecule has 0 saturated heterocycles. The van der Waals surface area contributed by atoms with E-state index in [0.29, 0.717) is 10.8 Å². The maximum atomic E-state index is 11.4. The highest BCUT2D eigenvalue weighted by Gasteiger charge is 2.18. The number of thiazole rings is 1. The van der Waals surface area contributed by atoms with Crippen LogP contribution in [0.1, 0.15) is 5.69 Å². The van der Waals surface area contributed by atoms with E-state index in [4.69, 9.17) is 5.14 Å². The van der Waals surface area contributed by atoms with E-state index >= 15 is 0 Å². The molecule has 0 amide bonds. The normalized spacial score (nSPS) is 12.1. The Labute approximate surface area is 113 Å². The predicted molar refractivity (Wildman–Crippen MR) is 72.9 cm³/mol. The molecule has 0 fully saturated rings. The van der Waals surface area contributed by atoms with Crippen LogP contribution in [0.15, 0.2) is 35.4 Å². The minimum atomic E-state index is -3.76. The van der Waals surface area contributed by atoms with Gasteiger partial charge in [0.1, 0.15) is 4.90 Å². The Kier molecular flexibility index (Phi) is 2.66. The van der Waals surface area contributed by atoms with Gasteiger partial charge < -0.3 is 0 Å². The fraction of sp³-hybridized carbons (Fsp3) is 0.0909. The molecule has 19 heavy (non-hydrogen) atoms. The molecule has 0 aliphatic carbocycles. The summed E-state index contributed by atoms with van der Waals surface area (Å²) in [5.74, 6) is 0. The van der Waals surface area contributed by atoms with Crippen LogP contribution in [-0.2, 0) is 10.0 Å². The maximum Gasteiger partial charge on any atom is 0.241 e. The van der Waals surface area contributed by atoms with Gasteiger partial charge in [-0.2, -0.15) is 5.10 Å². The molecule has 2 aromatic heterocycles. The summed E-state index contributed by atoms with van der Waals surface area (Å²) in [6.07, 6.45) is 1.25. The number of fused-ring (bicyclic) bond motifs is 1. The molecule has 0 atom stereocenters. The van der Waals surface area contributed by atoms with Gasteiger partial charge >= 0.3 is 0 Å². The number of hydrogen-bond acceptors (Lipinski definition) is 5. The molecule has 0 aliphatic heterocycles. The van der Waals surface area contributed by atoms with E-state index in [0.717, 1.165) is 10.2 Å². The topological polar surface area (TPSA) is 90.9 Å². The molecule has 2 N–H and O–H groups in total. The van der Waals surface area contributed by atoms with Crippen molar-refractivity contribution >= 4 is 31.6 Å². The van der Waals surface area contributed by atoms with Crippen molar-refractivity contribution in [3.05, 3.63) is 36.2 Å². The summed E-state index contributed by atoms with van der Waals surface area (Å²) in [5.41, 5.74) is 1.32. The largest absolute Gasteiger partial charge is 0.241 e. The van der Waals surface area contributed by atoms with Crippen LogP contribution in [0.5, 0.6) is 0 Å². The van der Waals surface area contributed by atoms with Crippen LogP contribution in [0.4, 0.5) is 0 Å². The van der Waals surface area contributed by atoms with Crippen molar-refractivity contribution in [2.45, 2.75) is 11.8 Å². The molecule has 98 valence electrons. The Morgan fingerprint density at radius 3 is 2.68 bits per heavy atom. The summed E-state index contributed by atoms with van der Waals surface area (Å²) in [6.45, 7) is 1.65. The second kappa shape index (κ2) is 4.12. The molecule has 0 radical (unpaired) electrons. The zero-order valence-electron chi connectivity index (χ0n) is 9.94. The summed E-state index contributed by atoms with van der Waals surface area (Å²) >= 11 is 1.44. The van der Waals surface area contributed by atoms with Crippen molar-refractivity contribution in [2.24, 2.45) is 5.14 Å². The molecular formula is C11H10N4O2S2. The molecule has 0 spiro atoms. The number of para-hydroxylation sites is 1. The van der Waals surface area contributed by atoms with Crippen molar-refractivity contribution in [2.75, 3.05) is 0 Å². The fourth-order valence-corrected chi connectivity index (χ4v) is 3.49. The predicted octanol–water partition coefficient (Wildman–Crippen LogP) is 1.44. The molecule has 0 bridgehead atoms. The molecule has 0 saturated carbocycles. The summed E-state index contributed by atoms with van der Waals surface area (Å²) in [5, 5.41) is 9.80. The van der Waals surface area contributed by atoms with E-state index in [1.807, 2.05) is 24.3 Å². The van der Waals surface area contributed by atoms with Gasteiger partial charge in [0.2, 0.25) is 15.2 Å². The van der Waals surface area contributed by atoms with E-state index in [2.05, 4.69) is 10.1 Å². The van der Waals surface area contributed by atoms with Gasteiger partial charge in [-0.1, -0.05) is 23.5 Å². The Bertz CT molecular complexity index is 831. The molecule has 0 aliphatic rings. The van der Waals surface area contributed by atoms with Crippen molar-refractivity contribution in [3.63, 3.8) is 0 Å². The van der Waals surface area contributed by atoms with Gasteiger partial charge in [-0.3, -0.25) is 0 Å². The first-order valence-corrected chi connectivity index (χ1v) is 7.76. The van der Waals surface area contributed by atoms with E-state index in [1.54, 1.807) is 6.92 Å². The first-order valence-electron chi connectivity index (χ1n) is 5.40. The van der Waals surface area contributed by atoms with Crippen LogP contribution in [0.2, 0.25) is 0 Å². The zero-order chi connectivity index (χ0) is 13.6. The highest BCUT2D eigenvalue weighted by molar-refractivity contribution is 7.89. The van der Waals surface area contributed by atoms with Gasteiger partial charge in [-0.15, -0.1) is 0 Å². The minimum Gasteiger partial charge on any atom is -0.225 e. The fourth-order valence-electron chi connectivity index (χ4n) is 1.82. The number of hydrogen-bond donors (Lipinski definition) is 1. The molecule has 6 nitrogen and oxygen atoms in total. The lowest BCUT2D eigenvalue weighted by molar-refractivity contribution is 0.597. The van der Waals surface area contributed by atoms with Crippen LogP contribution in [0, 0.1) is 6.92 Å². The van der Waals surface area contributed by atoms with Gasteiger partial charge in [0.15, 0.2) is 0 Å². The van der Waals surface area contributed by atoms with E-state index < -0.39 is 10.0 Å². The first-order chi connectivity index (χ1) is 8.97. The van der Waals surface area contributed by atoms with Crippen LogP contribution in [-0.4, -0.2) is 23.2 Å². The highest BCUT2D eigenvalue weighted by Crippen LogP contribution is 2.26. The maximum absolute atomic E-state index is 11.4. The monoisotopic (exact) mass is 294 g/mol. The van der Waals surface area contributed by atoms with Crippen molar-refractivity contribution in [3.8, 4) is 5.13 Å². The lowest BCUT2D eigenvalue weighted by Crippen LogP contribution is -2.13. The van der Waals surface area contributed by atoms with E-state index in [1.165, 1.54) is 22.2 Å². The number of primary sulfonamides is 1. The van der Waals surface area contributed by atoms with Crippen molar-refractivity contribution in [1.29, 1.82) is 0 Å². The molecule has 1 aromatic carbocycles. The quantitative estimate of drug-likeness (QED) is 0.774. The van der Waals surface area contributed by atoms with Crippen molar-refractivity contribution in [1.82, 2.24) is 14.8 Å². The standard InChI is InChI=1S/C11H10N4O2S2/c1-7-10(19(12,16)17)6-13-15(7)11-14-8-4-2-3-5-9(8)18-11/h2-6H,1H3,(H2,12,16,17). The molecule has 0 unspecified atom stereocenters. The Balaban J connectivity index is 2.20. The summed E-state index contributed by atoms with van der Waals surface area (Å²) in [7, 11) is -3.76. The molecule has 3 aromatic rings. The zero-order valence-corrected chi connectivity index (χ0v) is 11.6. The molecule has 2 heterocycles. The van der Waals surface area contributed by atoms with Crippen LogP contribution >= 0.6 is 11.3 Å². The third-order valence-electron chi connectivity index (χ3n) is 2.74. The Hall–Kier alpha value is -1.77. The van der Waals surface area contributed by atoms with Gasteiger partial charge in [0.25, 0.3) is 0 Å². The van der Waals surface area contributed by atoms with E-state index in [9.17, 15) is 8.42 Å². The summed E-state index contributed by atoms with van der Waals surface area (Å²) in [4.78, 5) is 4.44. The molecule has 8 heteroatoms. The Morgan fingerprint density at radius 2 is 2.05 bits per heavy atom. The lowest BCUT2D eigenvalue weighted by atomic mass is 10.3. The second-order valence-electron chi connectivity index (χ2n) is 4.02. The average molecular weight is 294 g/mol. The number of nitrogens with two attached hydrogens (primary N) is 1. The second-order valence-corrected chi connectivity index (χ2v) is 6.55. The van der Waals surface area contributed by atoms with E-state index in [-0.39, 0.29) is 4.90 Å². The number of rotatable bonds is 2. The molecular weight excluding hydrogens is 284 g/mol. The third-order valence-corrected chi connectivity index (χ3v) is 4.76. The van der Waals surface area contributed by atoms with Gasteiger partial charge in [0, 0.05) is 0 Å².